The Kier molecular flexibility index (Phi) is 6.01. The molecule has 0 unspecified atom stereocenters. The molecular weight excluding hydrogens is 250 g/mol. The van der Waals surface area contributed by atoms with Gasteiger partial charge in [-0.3, -0.25) is 9.59 Å². The number of carbonyl (C=O) groups is 2. The zero-order valence-corrected chi connectivity index (χ0v) is 11.9. The minimum atomic E-state index is -0.106. The second-order valence-corrected chi connectivity index (χ2v) is 5.55. The van der Waals surface area contributed by atoms with Gasteiger partial charge >= 0.3 is 0 Å². The van der Waals surface area contributed by atoms with Crippen molar-refractivity contribution >= 4 is 23.0 Å². The number of aryl methyl sites for hydroxylation is 2. The Hall–Kier alpha value is -1.20. The summed E-state index contributed by atoms with van der Waals surface area (Å²) in [6.07, 6.45) is 0.493. The van der Waals surface area contributed by atoms with Gasteiger partial charge < -0.3 is 10.1 Å². The Morgan fingerprint density at radius 3 is 2.61 bits per heavy atom. The van der Waals surface area contributed by atoms with Gasteiger partial charge in [-0.25, -0.2) is 0 Å². The molecule has 0 aliphatic heterocycles. The highest BCUT2D eigenvalue weighted by Gasteiger charge is 2.13. The molecule has 1 heterocycles. The minimum Gasteiger partial charge on any atom is -0.383 e. The van der Waals surface area contributed by atoms with Crippen LogP contribution in [0.3, 0.4) is 0 Å². The van der Waals surface area contributed by atoms with Crippen LogP contribution < -0.4 is 5.32 Å². The molecule has 0 aliphatic rings. The Balaban J connectivity index is 2.37. The summed E-state index contributed by atoms with van der Waals surface area (Å²) in [5, 5.41) is 2.70. The molecule has 5 heteroatoms. The first-order valence-corrected chi connectivity index (χ1v) is 6.72. The summed E-state index contributed by atoms with van der Waals surface area (Å²) in [5.74, 6) is -0.0660. The van der Waals surface area contributed by atoms with E-state index in [1.807, 2.05) is 19.9 Å². The summed E-state index contributed by atoms with van der Waals surface area (Å²) < 4.78 is 4.83. The van der Waals surface area contributed by atoms with E-state index < -0.39 is 0 Å². The van der Waals surface area contributed by atoms with Crippen molar-refractivity contribution in [2.45, 2.75) is 26.7 Å². The van der Waals surface area contributed by atoms with Crippen LogP contribution in [0.25, 0.3) is 0 Å². The monoisotopic (exact) mass is 269 g/mol. The number of ether oxygens (including phenoxy) is 1. The highest BCUT2D eigenvalue weighted by atomic mass is 32.1. The standard InChI is InChI=1S/C13H19NO3S/c1-9-8-11(10(2)18-9)12(15)4-5-13(16)14-6-7-17-3/h8H,4-7H2,1-3H3,(H,14,16). The van der Waals surface area contributed by atoms with Gasteiger partial charge in [0.25, 0.3) is 0 Å². The smallest absolute Gasteiger partial charge is 0.220 e. The van der Waals surface area contributed by atoms with Crippen molar-refractivity contribution in [1.29, 1.82) is 0 Å². The maximum Gasteiger partial charge on any atom is 0.220 e. The molecule has 0 saturated heterocycles. The predicted molar refractivity (Wildman–Crippen MR) is 72.2 cm³/mol. The van der Waals surface area contributed by atoms with Gasteiger partial charge in [0.05, 0.1) is 6.61 Å². The third-order valence-corrected chi connectivity index (χ3v) is 3.51. The fourth-order valence-electron chi connectivity index (χ4n) is 1.65. The van der Waals surface area contributed by atoms with Crippen molar-refractivity contribution < 1.29 is 14.3 Å². The maximum absolute atomic E-state index is 11.9. The second-order valence-electron chi connectivity index (χ2n) is 4.09. The van der Waals surface area contributed by atoms with Gasteiger partial charge in [0.1, 0.15) is 0 Å². The van der Waals surface area contributed by atoms with Crippen molar-refractivity contribution in [2.75, 3.05) is 20.3 Å². The molecule has 0 aromatic carbocycles. The van der Waals surface area contributed by atoms with E-state index in [2.05, 4.69) is 5.32 Å². The number of methoxy groups -OCH3 is 1. The van der Waals surface area contributed by atoms with Crippen LogP contribution >= 0.6 is 11.3 Å². The Morgan fingerprint density at radius 2 is 2.06 bits per heavy atom. The number of carbonyl (C=O) groups excluding carboxylic acids is 2. The normalized spacial score (nSPS) is 10.4. The fourth-order valence-corrected chi connectivity index (χ4v) is 2.59. The molecule has 1 aromatic heterocycles. The SMILES string of the molecule is COCCNC(=O)CCC(=O)c1cc(C)sc1C. The number of hydrogen-bond acceptors (Lipinski definition) is 4. The van der Waals surface area contributed by atoms with Gasteiger partial charge in [0.2, 0.25) is 5.91 Å². The Bertz CT molecular complexity index is 426. The Labute approximate surface area is 111 Å². The molecule has 0 radical (unpaired) electrons. The van der Waals surface area contributed by atoms with Crippen LogP contribution in [-0.2, 0) is 9.53 Å². The predicted octanol–water partition coefficient (Wildman–Crippen LogP) is 2.09. The molecule has 4 nitrogen and oxygen atoms in total. The molecule has 1 rings (SSSR count). The number of nitrogens with one attached hydrogen (secondary N) is 1. The lowest BCUT2D eigenvalue weighted by molar-refractivity contribution is -0.121. The minimum absolute atomic E-state index is 0.0405. The van der Waals surface area contributed by atoms with Crippen LogP contribution in [0.5, 0.6) is 0 Å². The number of Topliss-reactive ketones (excluding diaryl/α,β-unsaturated/α-hetero) is 1. The van der Waals surface area contributed by atoms with E-state index >= 15 is 0 Å². The third kappa shape index (κ3) is 4.58. The van der Waals surface area contributed by atoms with Crippen LogP contribution in [-0.4, -0.2) is 32.0 Å². The van der Waals surface area contributed by atoms with Crippen LogP contribution in [0, 0.1) is 13.8 Å². The van der Waals surface area contributed by atoms with Crippen molar-refractivity contribution in [3.63, 3.8) is 0 Å². The van der Waals surface area contributed by atoms with E-state index in [0.29, 0.717) is 13.2 Å². The maximum atomic E-state index is 11.9. The quantitative estimate of drug-likeness (QED) is 0.609. The molecule has 1 N–H and O–H groups in total. The van der Waals surface area contributed by atoms with Gasteiger partial charge in [-0.15, -0.1) is 11.3 Å². The molecule has 1 aromatic rings. The lowest BCUT2D eigenvalue weighted by Gasteiger charge is -2.03. The zero-order chi connectivity index (χ0) is 13.5. The van der Waals surface area contributed by atoms with Gasteiger partial charge in [0.15, 0.2) is 5.78 Å². The lowest BCUT2D eigenvalue weighted by atomic mass is 10.1. The van der Waals surface area contributed by atoms with E-state index in [-0.39, 0.29) is 24.5 Å². The van der Waals surface area contributed by atoms with Crippen molar-refractivity contribution in [2.24, 2.45) is 0 Å². The van der Waals surface area contributed by atoms with Gasteiger partial charge in [0, 0.05) is 41.8 Å². The van der Waals surface area contributed by atoms with E-state index in [9.17, 15) is 9.59 Å². The molecule has 0 fully saturated rings. The zero-order valence-electron chi connectivity index (χ0n) is 11.0. The summed E-state index contributed by atoms with van der Waals surface area (Å²) in [6, 6.07) is 1.89. The first kappa shape index (κ1) is 14.9. The Morgan fingerprint density at radius 1 is 1.33 bits per heavy atom. The van der Waals surface area contributed by atoms with Crippen LogP contribution in [0.15, 0.2) is 6.07 Å². The lowest BCUT2D eigenvalue weighted by Crippen LogP contribution is -2.27. The highest BCUT2D eigenvalue weighted by Crippen LogP contribution is 2.22. The van der Waals surface area contributed by atoms with Gasteiger partial charge in [-0.1, -0.05) is 0 Å². The fraction of sp³-hybridized carbons (Fsp3) is 0.538. The summed E-state index contributed by atoms with van der Waals surface area (Å²) in [7, 11) is 1.58. The molecule has 18 heavy (non-hydrogen) atoms. The number of hydrogen-bond donors (Lipinski definition) is 1. The van der Waals surface area contributed by atoms with Crippen molar-refractivity contribution in [1.82, 2.24) is 5.32 Å². The third-order valence-electron chi connectivity index (χ3n) is 2.55. The summed E-state index contributed by atoms with van der Waals surface area (Å²) in [5.41, 5.74) is 0.752. The second kappa shape index (κ2) is 7.28. The first-order valence-electron chi connectivity index (χ1n) is 5.90. The number of thiophene rings is 1. The van der Waals surface area contributed by atoms with E-state index in [1.165, 1.54) is 0 Å². The molecule has 0 atom stereocenters. The molecule has 0 aliphatic carbocycles. The summed E-state index contributed by atoms with van der Waals surface area (Å²) in [6.45, 7) is 4.89. The average Bonchev–Trinajstić information content (AvgIpc) is 2.66. The molecule has 1 amide bonds. The largest absolute Gasteiger partial charge is 0.383 e. The number of ketones is 1. The highest BCUT2D eigenvalue weighted by molar-refractivity contribution is 7.12. The van der Waals surface area contributed by atoms with E-state index in [0.717, 1.165) is 15.3 Å². The van der Waals surface area contributed by atoms with Crippen LogP contribution in [0.4, 0.5) is 0 Å². The van der Waals surface area contributed by atoms with Gasteiger partial charge in [-0.2, -0.15) is 0 Å². The average molecular weight is 269 g/mol. The molecule has 0 saturated carbocycles. The first-order chi connectivity index (χ1) is 8.54. The van der Waals surface area contributed by atoms with E-state index in [4.69, 9.17) is 4.74 Å². The van der Waals surface area contributed by atoms with Crippen molar-refractivity contribution in [3.05, 3.63) is 21.4 Å². The molecule has 100 valence electrons. The summed E-state index contributed by atoms with van der Waals surface area (Å²) >= 11 is 1.61. The van der Waals surface area contributed by atoms with Crippen molar-refractivity contribution in [3.8, 4) is 0 Å². The molecule has 0 spiro atoms. The van der Waals surface area contributed by atoms with Gasteiger partial charge in [-0.05, 0) is 19.9 Å². The van der Waals surface area contributed by atoms with Crippen LogP contribution in [0.2, 0.25) is 0 Å². The summed E-state index contributed by atoms with van der Waals surface area (Å²) in [4.78, 5) is 25.5. The molecular formula is C13H19NO3S. The van der Waals surface area contributed by atoms with E-state index in [1.54, 1.807) is 18.4 Å². The topological polar surface area (TPSA) is 55.4 Å². The number of rotatable bonds is 7. The van der Waals surface area contributed by atoms with Crippen LogP contribution in [0.1, 0.15) is 33.0 Å². The molecule has 0 bridgehead atoms. The number of amides is 1.